The van der Waals surface area contributed by atoms with Gasteiger partial charge < -0.3 is 10.3 Å². The summed E-state index contributed by atoms with van der Waals surface area (Å²) in [5.41, 5.74) is 2.44. The summed E-state index contributed by atoms with van der Waals surface area (Å²) in [7, 11) is -3.65. The van der Waals surface area contributed by atoms with E-state index in [1.54, 1.807) is 31.2 Å². The summed E-state index contributed by atoms with van der Waals surface area (Å²) in [6.07, 6.45) is 0. The Balaban J connectivity index is 1.59. The fourth-order valence-corrected chi connectivity index (χ4v) is 4.12. The summed E-state index contributed by atoms with van der Waals surface area (Å²) in [4.78, 5) is 15.3. The van der Waals surface area contributed by atoms with Gasteiger partial charge in [0.1, 0.15) is 11.5 Å². The van der Waals surface area contributed by atoms with E-state index in [0.29, 0.717) is 16.5 Å². The molecule has 27 heavy (non-hydrogen) atoms. The Kier molecular flexibility index (Phi) is 5.29. The van der Waals surface area contributed by atoms with Crippen molar-refractivity contribution in [3.8, 4) is 0 Å². The zero-order valence-electron chi connectivity index (χ0n) is 15.0. The van der Waals surface area contributed by atoms with Crippen LogP contribution in [0.1, 0.15) is 21.6 Å². The van der Waals surface area contributed by atoms with Crippen molar-refractivity contribution in [2.75, 3.05) is 13.1 Å². The van der Waals surface area contributed by atoms with Gasteiger partial charge in [0.2, 0.25) is 10.0 Å². The monoisotopic (exact) mass is 389 g/mol. The van der Waals surface area contributed by atoms with Gasteiger partial charge >= 0.3 is 0 Å². The van der Waals surface area contributed by atoms with Crippen molar-refractivity contribution in [1.29, 1.82) is 0 Å². The van der Waals surface area contributed by atoms with Crippen molar-refractivity contribution in [3.05, 3.63) is 65.1 Å². The SMILES string of the molecule is Cc1ccc(C)c(S(=O)(=O)NCCNC(=O)c2cc3cc(F)ccc3[nH]2)c1. The van der Waals surface area contributed by atoms with Gasteiger partial charge in [-0.1, -0.05) is 12.1 Å². The van der Waals surface area contributed by atoms with Crippen molar-refractivity contribution in [3.63, 3.8) is 0 Å². The number of sulfonamides is 1. The highest BCUT2D eigenvalue weighted by Crippen LogP contribution is 2.17. The third-order valence-electron chi connectivity index (χ3n) is 4.16. The second-order valence-electron chi connectivity index (χ2n) is 6.34. The highest BCUT2D eigenvalue weighted by molar-refractivity contribution is 7.89. The average molecular weight is 389 g/mol. The summed E-state index contributed by atoms with van der Waals surface area (Å²) in [5.74, 6) is -0.771. The number of hydrogen-bond acceptors (Lipinski definition) is 3. The molecular weight excluding hydrogens is 369 g/mol. The first-order valence-electron chi connectivity index (χ1n) is 8.40. The number of amides is 1. The molecule has 0 unspecified atom stereocenters. The molecule has 0 atom stereocenters. The largest absolute Gasteiger partial charge is 0.351 e. The van der Waals surface area contributed by atoms with Crippen LogP contribution in [0.4, 0.5) is 4.39 Å². The first kappa shape index (κ1) is 19.1. The van der Waals surface area contributed by atoms with Gasteiger partial charge in [0.25, 0.3) is 5.91 Å². The van der Waals surface area contributed by atoms with Crippen LogP contribution in [0, 0.1) is 19.7 Å². The average Bonchev–Trinajstić information content (AvgIpc) is 3.03. The Morgan fingerprint density at radius 2 is 1.85 bits per heavy atom. The van der Waals surface area contributed by atoms with Gasteiger partial charge in [-0.25, -0.2) is 17.5 Å². The number of rotatable bonds is 6. The predicted molar refractivity (Wildman–Crippen MR) is 102 cm³/mol. The number of H-pyrrole nitrogens is 1. The standard InChI is InChI=1S/C19H20FN3O3S/c1-12-3-4-13(2)18(9-12)27(25,26)22-8-7-21-19(24)17-11-14-10-15(20)5-6-16(14)23-17/h3-6,9-11,22-23H,7-8H2,1-2H3,(H,21,24). The van der Waals surface area contributed by atoms with Crippen LogP contribution >= 0.6 is 0 Å². The van der Waals surface area contributed by atoms with Crippen LogP contribution in [0.3, 0.4) is 0 Å². The normalized spacial score (nSPS) is 11.7. The zero-order valence-corrected chi connectivity index (χ0v) is 15.8. The summed E-state index contributed by atoms with van der Waals surface area (Å²) >= 11 is 0. The molecule has 8 heteroatoms. The Hall–Kier alpha value is -2.71. The van der Waals surface area contributed by atoms with Gasteiger partial charge in [0.15, 0.2) is 0 Å². The molecule has 3 aromatic rings. The predicted octanol–water partition coefficient (Wildman–Crippen LogP) is 2.63. The lowest BCUT2D eigenvalue weighted by Crippen LogP contribution is -2.35. The topological polar surface area (TPSA) is 91.1 Å². The quantitative estimate of drug-likeness (QED) is 0.566. The van der Waals surface area contributed by atoms with Gasteiger partial charge in [0, 0.05) is 24.0 Å². The van der Waals surface area contributed by atoms with E-state index >= 15 is 0 Å². The van der Waals surface area contributed by atoms with Gasteiger partial charge in [-0.2, -0.15) is 0 Å². The fourth-order valence-electron chi connectivity index (χ4n) is 2.76. The number of aryl methyl sites for hydroxylation is 2. The van der Waals surface area contributed by atoms with E-state index in [-0.39, 0.29) is 29.5 Å². The van der Waals surface area contributed by atoms with E-state index in [4.69, 9.17) is 0 Å². The van der Waals surface area contributed by atoms with E-state index in [9.17, 15) is 17.6 Å². The summed E-state index contributed by atoms with van der Waals surface area (Å²) in [6.45, 7) is 3.72. The number of carbonyl (C=O) groups is 1. The third-order valence-corrected chi connectivity index (χ3v) is 5.77. The van der Waals surface area contributed by atoms with Gasteiger partial charge in [-0.05, 0) is 55.3 Å². The Morgan fingerprint density at radius 3 is 2.63 bits per heavy atom. The first-order chi connectivity index (χ1) is 12.8. The number of nitrogens with one attached hydrogen (secondary N) is 3. The molecule has 0 spiro atoms. The van der Waals surface area contributed by atoms with Crippen molar-refractivity contribution in [2.45, 2.75) is 18.7 Å². The molecular formula is C19H20FN3O3S. The number of carbonyl (C=O) groups excluding carboxylic acids is 1. The minimum absolute atomic E-state index is 0.0519. The van der Waals surface area contributed by atoms with Gasteiger partial charge in [0.05, 0.1) is 4.90 Å². The third kappa shape index (κ3) is 4.35. The number of aromatic nitrogens is 1. The van der Waals surface area contributed by atoms with E-state index in [1.807, 2.05) is 13.0 Å². The molecule has 0 saturated carbocycles. The lowest BCUT2D eigenvalue weighted by atomic mass is 10.2. The summed E-state index contributed by atoms with van der Waals surface area (Å²) in [5, 5.41) is 3.23. The second kappa shape index (κ2) is 7.50. The lowest BCUT2D eigenvalue weighted by Gasteiger charge is -2.10. The molecule has 142 valence electrons. The van der Waals surface area contributed by atoms with Crippen LogP contribution in [0.15, 0.2) is 47.4 Å². The smallest absolute Gasteiger partial charge is 0.267 e. The minimum atomic E-state index is -3.65. The number of halogens is 1. The first-order valence-corrected chi connectivity index (χ1v) is 9.88. The maximum Gasteiger partial charge on any atom is 0.267 e. The number of aromatic amines is 1. The molecule has 1 aromatic heterocycles. The van der Waals surface area contributed by atoms with Gasteiger partial charge in [-0.15, -0.1) is 0 Å². The van der Waals surface area contributed by atoms with Crippen LogP contribution in [-0.2, 0) is 10.0 Å². The molecule has 1 heterocycles. The maximum absolute atomic E-state index is 13.2. The summed E-state index contributed by atoms with van der Waals surface area (Å²) < 4.78 is 40.5. The van der Waals surface area contributed by atoms with E-state index in [2.05, 4.69) is 15.0 Å². The Morgan fingerprint density at radius 1 is 1.07 bits per heavy atom. The molecule has 0 aliphatic rings. The number of benzene rings is 2. The molecule has 0 bridgehead atoms. The Labute approximate surface area is 156 Å². The van der Waals surface area contributed by atoms with Crippen LogP contribution < -0.4 is 10.0 Å². The molecule has 3 rings (SSSR count). The molecule has 3 N–H and O–H groups in total. The summed E-state index contributed by atoms with van der Waals surface area (Å²) in [6, 6.07) is 11.0. The molecule has 6 nitrogen and oxygen atoms in total. The van der Waals surface area contributed by atoms with Crippen molar-refractivity contribution in [1.82, 2.24) is 15.0 Å². The molecule has 2 aromatic carbocycles. The van der Waals surface area contributed by atoms with Crippen LogP contribution in [0.2, 0.25) is 0 Å². The highest BCUT2D eigenvalue weighted by atomic mass is 32.2. The van der Waals surface area contributed by atoms with Crippen molar-refractivity contribution in [2.24, 2.45) is 0 Å². The molecule has 0 saturated heterocycles. The molecule has 0 radical (unpaired) electrons. The number of hydrogen-bond donors (Lipinski definition) is 3. The fraction of sp³-hybridized carbons (Fsp3) is 0.211. The van der Waals surface area contributed by atoms with E-state index < -0.39 is 15.9 Å². The van der Waals surface area contributed by atoms with Gasteiger partial charge in [-0.3, -0.25) is 4.79 Å². The lowest BCUT2D eigenvalue weighted by molar-refractivity contribution is 0.0950. The zero-order chi connectivity index (χ0) is 19.6. The van der Waals surface area contributed by atoms with Crippen molar-refractivity contribution >= 4 is 26.8 Å². The van der Waals surface area contributed by atoms with E-state index in [1.165, 1.54) is 12.1 Å². The molecule has 1 amide bonds. The second-order valence-corrected chi connectivity index (χ2v) is 8.07. The molecule has 0 fully saturated rings. The highest BCUT2D eigenvalue weighted by Gasteiger charge is 2.16. The van der Waals surface area contributed by atoms with Crippen molar-refractivity contribution < 1.29 is 17.6 Å². The van der Waals surface area contributed by atoms with Crippen LogP contribution in [0.25, 0.3) is 10.9 Å². The minimum Gasteiger partial charge on any atom is -0.351 e. The molecule has 0 aliphatic heterocycles. The number of fused-ring (bicyclic) bond motifs is 1. The molecule has 0 aliphatic carbocycles. The Bertz CT molecular complexity index is 1110. The van der Waals surface area contributed by atoms with E-state index in [0.717, 1.165) is 5.56 Å². The van der Waals surface area contributed by atoms with Crippen LogP contribution in [0.5, 0.6) is 0 Å². The maximum atomic E-state index is 13.2. The van der Waals surface area contributed by atoms with Crippen LogP contribution in [-0.4, -0.2) is 32.4 Å².